The van der Waals surface area contributed by atoms with E-state index in [1.54, 1.807) is 52.0 Å². The molecule has 3 atom stereocenters. The van der Waals surface area contributed by atoms with Gasteiger partial charge in [-0.25, -0.2) is 4.79 Å². The van der Waals surface area contributed by atoms with Crippen molar-refractivity contribution in [1.82, 2.24) is 4.90 Å². The Hall–Kier alpha value is -3.89. The average molecular weight is 550 g/mol. The normalized spacial score (nSPS) is 23.2. The molecule has 3 amide bonds. The molecule has 0 bridgehead atoms. The zero-order chi connectivity index (χ0) is 28.4. The van der Waals surface area contributed by atoms with Crippen LogP contribution in [0, 0.1) is 5.92 Å². The summed E-state index contributed by atoms with van der Waals surface area (Å²) in [7, 11) is 1.52. The number of methoxy groups -OCH3 is 1. The van der Waals surface area contributed by atoms with Gasteiger partial charge in [-0.1, -0.05) is 31.2 Å². The summed E-state index contributed by atoms with van der Waals surface area (Å²) in [5.41, 5.74) is 0.591. The third-order valence-electron chi connectivity index (χ3n) is 8.08. The lowest BCUT2D eigenvalue weighted by molar-refractivity contribution is -0.139. The minimum Gasteiger partial charge on any atom is -0.497 e. The highest BCUT2D eigenvalue weighted by Gasteiger charge is 2.52. The Balaban J connectivity index is 1.39. The quantitative estimate of drug-likeness (QED) is 0.462. The summed E-state index contributed by atoms with van der Waals surface area (Å²) in [6.07, 6.45) is 4.75. The topological polar surface area (TPSA) is 120 Å². The third-order valence-corrected chi connectivity index (χ3v) is 8.08. The maximum absolute atomic E-state index is 13.9. The largest absolute Gasteiger partial charge is 0.497 e. The minimum atomic E-state index is -1.87. The van der Waals surface area contributed by atoms with Crippen LogP contribution in [0.2, 0.25) is 0 Å². The zero-order valence-electron chi connectivity index (χ0n) is 22.8. The van der Waals surface area contributed by atoms with Crippen molar-refractivity contribution in [2.75, 3.05) is 43.2 Å². The number of carbonyl (C=O) groups excluding carboxylic acids is 3. The van der Waals surface area contributed by atoms with E-state index in [1.807, 2.05) is 24.3 Å². The lowest BCUT2D eigenvalue weighted by Crippen LogP contribution is -2.44. The van der Waals surface area contributed by atoms with Gasteiger partial charge in [-0.2, -0.15) is 0 Å². The Kier molecular flexibility index (Phi) is 7.82. The molecule has 0 unspecified atom stereocenters. The smallest absolute Gasteiger partial charge is 0.414 e. The van der Waals surface area contributed by atoms with Crippen molar-refractivity contribution in [2.24, 2.45) is 5.92 Å². The van der Waals surface area contributed by atoms with Crippen molar-refractivity contribution >= 4 is 29.3 Å². The van der Waals surface area contributed by atoms with E-state index in [-0.39, 0.29) is 31.5 Å². The van der Waals surface area contributed by atoms with E-state index >= 15 is 0 Å². The van der Waals surface area contributed by atoms with E-state index in [1.165, 1.54) is 7.11 Å². The second kappa shape index (κ2) is 11.3. The molecule has 0 saturated carbocycles. The first-order chi connectivity index (χ1) is 19.3. The van der Waals surface area contributed by atoms with Crippen LogP contribution in [0.3, 0.4) is 0 Å². The van der Waals surface area contributed by atoms with Crippen LogP contribution in [0.25, 0.3) is 0 Å². The summed E-state index contributed by atoms with van der Waals surface area (Å²) in [4.78, 5) is 43.5. The minimum absolute atomic E-state index is 0.0560. The lowest BCUT2D eigenvalue weighted by atomic mass is 9.83. The van der Waals surface area contributed by atoms with E-state index in [0.717, 1.165) is 18.4 Å². The molecule has 212 valence electrons. The number of aliphatic hydroxyl groups excluding tert-OH is 1. The van der Waals surface area contributed by atoms with E-state index < -0.39 is 23.5 Å². The van der Waals surface area contributed by atoms with Gasteiger partial charge < -0.3 is 29.5 Å². The number of nitrogens with zero attached hydrogens (tertiary/aromatic N) is 3. The van der Waals surface area contributed by atoms with Crippen LogP contribution in [0.15, 0.2) is 54.6 Å². The molecule has 0 aromatic heterocycles. The zero-order valence-corrected chi connectivity index (χ0v) is 22.8. The maximum atomic E-state index is 13.9. The molecule has 0 radical (unpaired) electrons. The van der Waals surface area contributed by atoms with Crippen molar-refractivity contribution in [2.45, 2.75) is 44.4 Å². The second-order valence-corrected chi connectivity index (χ2v) is 10.5. The highest BCUT2D eigenvalue weighted by Crippen LogP contribution is 2.47. The van der Waals surface area contributed by atoms with Gasteiger partial charge in [0.2, 0.25) is 5.91 Å². The van der Waals surface area contributed by atoms with E-state index in [0.29, 0.717) is 42.4 Å². The first kappa shape index (κ1) is 27.7. The van der Waals surface area contributed by atoms with Gasteiger partial charge in [0.05, 0.1) is 38.5 Å². The summed E-state index contributed by atoms with van der Waals surface area (Å²) >= 11 is 0. The van der Waals surface area contributed by atoms with Crippen molar-refractivity contribution in [3.05, 3.63) is 65.7 Å². The van der Waals surface area contributed by atoms with Crippen molar-refractivity contribution in [3.63, 3.8) is 0 Å². The fourth-order valence-corrected chi connectivity index (χ4v) is 5.83. The van der Waals surface area contributed by atoms with Crippen LogP contribution >= 0.6 is 0 Å². The molecule has 40 heavy (non-hydrogen) atoms. The second-order valence-electron chi connectivity index (χ2n) is 10.5. The first-order valence-corrected chi connectivity index (χ1v) is 13.6. The molecule has 5 rings (SSSR count). The number of rotatable bonds is 9. The van der Waals surface area contributed by atoms with Crippen LogP contribution in [-0.4, -0.2) is 72.5 Å². The monoisotopic (exact) mass is 549 g/mol. The van der Waals surface area contributed by atoms with Gasteiger partial charge in [-0.3, -0.25) is 14.5 Å². The number of likely N-dealkylation sites (tertiary alicyclic amines) is 1. The highest BCUT2D eigenvalue weighted by atomic mass is 16.6. The average Bonchev–Trinajstić information content (AvgIpc) is 3.67. The van der Waals surface area contributed by atoms with Gasteiger partial charge in [-0.15, -0.1) is 0 Å². The number of hydrogen-bond donors (Lipinski definition) is 2. The predicted octanol–water partition coefficient (Wildman–Crippen LogP) is 2.95. The Morgan fingerprint density at radius 1 is 1.23 bits per heavy atom. The van der Waals surface area contributed by atoms with Crippen LogP contribution < -0.4 is 14.5 Å². The molecule has 2 N–H and O–H groups in total. The number of ether oxygens (including phenoxy) is 2. The number of carbonyl (C=O) groups is 3. The fraction of sp³-hybridized carbons (Fsp3) is 0.433. The molecule has 0 aliphatic carbocycles. The van der Waals surface area contributed by atoms with Crippen LogP contribution in [0.1, 0.15) is 37.3 Å². The molecule has 2 saturated heterocycles. The number of cyclic esters (lactones) is 1. The molecular weight excluding hydrogens is 514 g/mol. The molecule has 3 heterocycles. The third kappa shape index (κ3) is 4.93. The van der Waals surface area contributed by atoms with Crippen molar-refractivity contribution in [1.29, 1.82) is 0 Å². The summed E-state index contributed by atoms with van der Waals surface area (Å²) in [5.74, 6) is -0.710. The number of fused-ring (bicyclic) bond motifs is 1. The Morgan fingerprint density at radius 3 is 2.77 bits per heavy atom. The predicted molar refractivity (Wildman–Crippen MR) is 148 cm³/mol. The van der Waals surface area contributed by atoms with Crippen LogP contribution in [0.5, 0.6) is 5.75 Å². The number of anilines is 2. The molecular formula is C30H35N3O7. The number of benzene rings is 2. The molecule has 3 aliphatic heterocycles. The summed E-state index contributed by atoms with van der Waals surface area (Å²) < 4.78 is 10.5. The van der Waals surface area contributed by atoms with E-state index in [2.05, 4.69) is 0 Å². The lowest BCUT2D eigenvalue weighted by Gasteiger charge is -2.28. The van der Waals surface area contributed by atoms with Crippen molar-refractivity contribution < 1.29 is 34.1 Å². The first-order valence-electron chi connectivity index (χ1n) is 13.6. The molecule has 0 spiro atoms. The Morgan fingerprint density at radius 2 is 2.05 bits per heavy atom. The highest BCUT2D eigenvalue weighted by molar-refractivity contribution is 6.07. The summed E-state index contributed by atoms with van der Waals surface area (Å²) in [6, 6.07) is 12.4. The molecule has 3 aliphatic rings. The number of hydrogen-bond acceptors (Lipinski definition) is 7. The maximum Gasteiger partial charge on any atom is 0.414 e. The summed E-state index contributed by atoms with van der Waals surface area (Å²) in [5, 5.41) is 21.5. The Labute approximate surface area is 233 Å². The van der Waals surface area contributed by atoms with Crippen LogP contribution in [0.4, 0.5) is 16.2 Å². The molecule has 10 heteroatoms. The van der Waals surface area contributed by atoms with E-state index in [9.17, 15) is 24.6 Å². The fourth-order valence-electron chi connectivity index (χ4n) is 5.83. The molecule has 10 nitrogen and oxygen atoms in total. The van der Waals surface area contributed by atoms with Gasteiger partial charge in [0.1, 0.15) is 12.4 Å². The van der Waals surface area contributed by atoms with E-state index in [4.69, 9.17) is 9.47 Å². The molecule has 2 aromatic rings. The number of amides is 3. The molecule has 2 fully saturated rings. The standard InChI is InChI=1S/C30H35N3O7/c1-20(6-3-10-27(35)31-13-5-9-23(31)19-34)30(38)25-17-24(39-2)11-12-26(25)33(28(30)36)18-21-7-4-8-22(16-21)32-14-15-40-29(32)37/h3-4,6-8,11-12,16-17,20,23,34,38H,5,9-10,13-15,18-19H2,1-2H3/b6-3+/t20-,23-,30+/m0/s1. The van der Waals surface area contributed by atoms with Gasteiger partial charge in [-0.05, 0) is 48.7 Å². The molecule has 2 aromatic carbocycles. The van der Waals surface area contributed by atoms with Gasteiger partial charge >= 0.3 is 6.09 Å². The van der Waals surface area contributed by atoms with Gasteiger partial charge in [0.15, 0.2) is 5.60 Å². The van der Waals surface area contributed by atoms with Gasteiger partial charge in [0.25, 0.3) is 5.91 Å². The Bertz CT molecular complexity index is 1330. The van der Waals surface area contributed by atoms with Crippen LogP contribution in [-0.2, 0) is 26.5 Å². The SMILES string of the molecule is COc1ccc2c(c1)[C@](O)([C@@H](C)/C=C/CC(=O)N1CCC[C@H]1CO)C(=O)N2Cc1cccc(N2CCOC2=O)c1. The van der Waals surface area contributed by atoms with Gasteiger partial charge in [0, 0.05) is 30.1 Å². The number of aliphatic hydroxyl groups is 2. The van der Waals surface area contributed by atoms with Crippen molar-refractivity contribution in [3.8, 4) is 5.75 Å². The summed E-state index contributed by atoms with van der Waals surface area (Å²) in [6.45, 7) is 3.28.